The number of hydrogen-bond donors (Lipinski definition) is 2. The van der Waals surface area contributed by atoms with Gasteiger partial charge >= 0.3 is 5.97 Å². The number of benzene rings is 2. The number of carbonyl (C=O) groups is 1. The second kappa shape index (κ2) is 12.5. The molecule has 0 radical (unpaired) electrons. The molecule has 4 aliphatic carbocycles. The minimum Gasteiger partial charge on any atom is -0.490 e. The smallest absolute Gasteiger partial charge is 0.305 e. The third kappa shape index (κ3) is 5.90. The summed E-state index contributed by atoms with van der Waals surface area (Å²) in [6, 6.07) is 15.8. The third-order valence-electron chi connectivity index (χ3n) is 12.8. The van der Waals surface area contributed by atoms with Crippen LogP contribution >= 0.6 is 0 Å². The lowest BCUT2D eigenvalue weighted by atomic mass is 9.43. The molecule has 4 N–H and O–H groups in total. The van der Waals surface area contributed by atoms with Crippen LogP contribution in [0.15, 0.2) is 48.5 Å². The first-order valence-corrected chi connectivity index (χ1v) is 17.3. The van der Waals surface area contributed by atoms with Gasteiger partial charge in [0, 0.05) is 23.7 Å². The second-order valence-electron chi connectivity index (χ2n) is 15.1. The summed E-state index contributed by atoms with van der Waals surface area (Å²) in [5, 5.41) is 0. The Morgan fingerprint density at radius 3 is 2.09 bits per heavy atom. The molecule has 0 aliphatic heterocycles. The molecule has 0 aromatic heterocycles. The summed E-state index contributed by atoms with van der Waals surface area (Å²) < 4.78 is 18.8. The van der Waals surface area contributed by atoms with Crippen LogP contribution in [0.4, 0.5) is 11.4 Å². The number of ether oxygens (including phenoxy) is 3. The van der Waals surface area contributed by atoms with E-state index in [1.807, 2.05) is 55.5 Å². The molecule has 0 spiro atoms. The van der Waals surface area contributed by atoms with Crippen LogP contribution in [-0.4, -0.2) is 24.8 Å². The zero-order valence-electron chi connectivity index (χ0n) is 27.3. The van der Waals surface area contributed by atoms with E-state index in [1.54, 1.807) is 0 Å². The largest absolute Gasteiger partial charge is 0.490 e. The van der Waals surface area contributed by atoms with E-state index in [0.717, 1.165) is 48.6 Å². The predicted octanol–water partition coefficient (Wildman–Crippen LogP) is 8.29. The monoisotopic (exact) mass is 602 g/mol. The fourth-order valence-corrected chi connectivity index (χ4v) is 10.7. The van der Waals surface area contributed by atoms with Crippen molar-refractivity contribution >= 4 is 17.3 Å². The van der Waals surface area contributed by atoms with Gasteiger partial charge in [0.15, 0.2) is 0 Å². The number of hydrogen-bond acceptors (Lipinski definition) is 6. The van der Waals surface area contributed by atoms with E-state index >= 15 is 0 Å². The van der Waals surface area contributed by atoms with Gasteiger partial charge in [-0.05, 0) is 154 Å². The molecular formula is C38H54N2O4. The minimum absolute atomic E-state index is 0.0485. The molecule has 4 fully saturated rings. The van der Waals surface area contributed by atoms with Gasteiger partial charge in [-0.2, -0.15) is 0 Å². The van der Waals surface area contributed by atoms with E-state index in [-0.39, 0.29) is 23.6 Å². The molecule has 0 bridgehead atoms. The van der Waals surface area contributed by atoms with Crippen molar-refractivity contribution in [1.82, 2.24) is 0 Å². The van der Waals surface area contributed by atoms with Gasteiger partial charge < -0.3 is 25.7 Å². The molecule has 44 heavy (non-hydrogen) atoms. The van der Waals surface area contributed by atoms with Crippen molar-refractivity contribution in [2.75, 3.05) is 18.1 Å². The predicted molar refractivity (Wildman–Crippen MR) is 176 cm³/mol. The normalized spacial score (nSPS) is 36.8. The van der Waals surface area contributed by atoms with Crippen LogP contribution in [0, 0.1) is 46.3 Å². The van der Waals surface area contributed by atoms with E-state index in [9.17, 15) is 4.79 Å². The Kier molecular flexibility index (Phi) is 8.82. The number of nitrogens with two attached hydrogens (primary N) is 2. The van der Waals surface area contributed by atoms with Crippen LogP contribution in [0.25, 0.3) is 0 Å². The Balaban J connectivity index is 1.23. The van der Waals surface area contributed by atoms with E-state index in [1.165, 1.54) is 32.1 Å². The van der Waals surface area contributed by atoms with Crippen LogP contribution in [0.3, 0.4) is 0 Å². The molecular weight excluding hydrogens is 548 g/mol. The molecule has 2 aromatic rings. The summed E-state index contributed by atoms with van der Waals surface area (Å²) in [7, 11) is 0. The molecule has 6 nitrogen and oxygen atoms in total. The number of esters is 1. The van der Waals surface area contributed by atoms with Gasteiger partial charge in [0.2, 0.25) is 0 Å². The SMILES string of the molecule is CCOC(=O)CC[C@@H](C)[C@H]1CC[C@H]2[C@@H]3CC(Oc4ccc(N)cc4)C4CC(Oc5ccc(N)cc5)CC[C@]4(C)[C@H]3CC[C@]12C. The molecule has 10 atom stereocenters. The third-order valence-corrected chi connectivity index (χ3v) is 12.8. The standard InChI is InChI=1S/C38H54N2O4/c1-5-42-36(41)17-6-24(2)31-15-16-32-30-23-35(44-28-13-9-26(40)10-14-28)34-22-29(43-27-11-7-25(39)8-12-27)18-20-38(34,4)33(30)19-21-37(31,32)3/h7-14,24,29-35H,5-6,15-23,39-40H2,1-4H3/t24-,29?,30+,31-,32+,33+,34?,35?,37-,38-/m1/s1. The van der Waals surface area contributed by atoms with E-state index in [0.29, 0.717) is 54.0 Å². The molecule has 3 unspecified atom stereocenters. The molecule has 6 heteroatoms. The van der Waals surface area contributed by atoms with Gasteiger partial charge in [0.05, 0.1) is 12.7 Å². The Bertz CT molecular complexity index is 1280. The Morgan fingerprint density at radius 2 is 1.43 bits per heavy atom. The Morgan fingerprint density at radius 1 is 0.818 bits per heavy atom. The maximum atomic E-state index is 12.2. The van der Waals surface area contributed by atoms with Crippen molar-refractivity contribution in [3.63, 3.8) is 0 Å². The van der Waals surface area contributed by atoms with Gasteiger partial charge in [-0.15, -0.1) is 0 Å². The molecule has 2 aromatic carbocycles. The van der Waals surface area contributed by atoms with E-state index in [2.05, 4.69) is 20.8 Å². The minimum atomic E-state index is -0.0485. The van der Waals surface area contributed by atoms with Crippen LogP contribution < -0.4 is 20.9 Å². The molecule has 0 heterocycles. The molecule has 6 rings (SSSR count). The summed E-state index contributed by atoms with van der Waals surface area (Å²) in [6.45, 7) is 9.92. The molecule has 0 saturated heterocycles. The fraction of sp³-hybridized carbons (Fsp3) is 0.658. The van der Waals surface area contributed by atoms with Crippen LogP contribution in [0.1, 0.15) is 91.9 Å². The number of carbonyl (C=O) groups excluding carboxylic acids is 1. The van der Waals surface area contributed by atoms with Gasteiger partial charge in [0.1, 0.15) is 17.6 Å². The van der Waals surface area contributed by atoms with Crippen molar-refractivity contribution in [3.05, 3.63) is 48.5 Å². The van der Waals surface area contributed by atoms with Crippen molar-refractivity contribution in [2.24, 2.45) is 46.3 Å². The number of anilines is 2. The van der Waals surface area contributed by atoms with Crippen LogP contribution in [-0.2, 0) is 9.53 Å². The first-order chi connectivity index (χ1) is 21.1. The molecule has 4 aliphatic rings. The summed E-state index contributed by atoms with van der Waals surface area (Å²) >= 11 is 0. The lowest BCUT2D eigenvalue weighted by molar-refractivity contribution is -0.164. The lowest BCUT2D eigenvalue weighted by Gasteiger charge is -2.63. The Labute approximate surface area is 264 Å². The quantitative estimate of drug-likeness (QED) is 0.221. The first kappa shape index (κ1) is 31.1. The van der Waals surface area contributed by atoms with Crippen molar-refractivity contribution in [2.45, 2.75) is 104 Å². The number of rotatable bonds is 9. The van der Waals surface area contributed by atoms with Crippen LogP contribution in [0.5, 0.6) is 11.5 Å². The molecule has 240 valence electrons. The van der Waals surface area contributed by atoms with E-state index < -0.39 is 0 Å². The first-order valence-electron chi connectivity index (χ1n) is 17.3. The highest BCUT2D eigenvalue weighted by atomic mass is 16.5. The topological polar surface area (TPSA) is 96.8 Å². The van der Waals surface area contributed by atoms with Gasteiger partial charge in [-0.25, -0.2) is 0 Å². The maximum absolute atomic E-state index is 12.2. The second-order valence-corrected chi connectivity index (χ2v) is 15.1. The number of fused-ring (bicyclic) bond motifs is 5. The van der Waals surface area contributed by atoms with Gasteiger partial charge in [-0.1, -0.05) is 20.8 Å². The lowest BCUT2D eigenvalue weighted by Crippen LogP contribution is -2.59. The summed E-state index contributed by atoms with van der Waals surface area (Å²) in [5.41, 5.74) is 14.0. The highest BCUT2D eigenvalue weighted by Crippen LogP contribution is 2.68. The summed E-state index contributed by atoms with van der Waals surface area (Å²) in [5.74, 6) is 5.46. The zero-order valence-corrected chi connectivity index (χ0v) is 27.3. The van der Waals surface area contributed by atoms with Crippen LogP contribution in [0.2, 0.25) is 0 Å². The summed E-state index contributed by atoms with van der Waals surface area (Å²) in [4.78, 5) is 12.2. The maximum Gasteiger partial charge on any atom is 0.305 e. The Hall–Kier alpha value is -2.89. The molecule has 0 amide bonds. The average molecular weight is 603 g/mol. The zero-order chi connectivity index (χ0) is 31.1. The van der Waals surface area contributed by atoms with Gasteiger partial charge in [-0.3, -0.25) is 4.79 Å². The number of nitrogen functional groups attached to an aromatic ring is 2. The fourth-order valence-electron chi connectivity index (χ4n) is 10.7. The van der Waals surface area contributed by atoms with Crippen molar-refractivity contribution < 1.29 is 19.0 Å². The van der Waals surface area contributed by atoms with Crippen molar-refractivity contribution in [3.8, 4) is 11.5 Å². The van der Waals surface area contributed by atoms with Gasteiger partial charge in [0.25, 0.3) is 0 Å². The highest BCUT2D eigenvalue weighted by molar-refractivity contribution is 5.69. The molecule has 4 saturated carbocycles. The highest BCUT2D eigenvalue weighted by Gasteiger charge is 2.63. The van der Waals surface area contributed by atoms with Crippen molar-refractivity contribution in [1.29, 1.82) is 0 Å². The average Bonchev–Trinajstić information content (AvgIpc) is 3.36. The summed E-state index contributed by atoms with van der Waals surface area (Å²) in [6.07, 6.45) is 11.3. The van der Waals surface area contributed by atoms with E-state index in [4.69, 9.17) is 25.7 Å².